The highest BCUT2D eigenvalue weighted by atomic mass is 32.2. The van der Waals surface area contributed by atoms with Crippen LogP contribution in [0.25, 0.3) is 11.4 Å². The zero-order chi connectivity index (χ0) is 21.0. The number of amides is 1. The lowest BCUT2D eigenvalue weighted by Crippen LogP contribution is -2.23. The van der Waals surface area contributed by atoms with Gasteiger partial charge < -0.3 is 9.73 Å². The number of rotatable bonds is 8. The third kappa shape index (κ3) is 4.62. The van der Waals surface area contributed by atoms with Gasteiger partial charge in [0.1, 0.15) is 5.76 Å². The van der Waals surface area contributed by atoms with E-state index in [2.05, 4.69) is 35.9 Å². The second-order valence-electron chi connectivity index (χ2n) is 7.09. The van der Waals surface area contributed by atoms with Crippen molar-refractivity contribution < 1.29 is 9.21 Å². The number of para-hydroxylation sites is 1. The maximum atomic E-state index is 12.8. The Morgan fingerprint density at radius 2 is 2.03 bits per heavy atom. The van der Waals surface area contributed by atoms with Crippen LogP contribution in [0.5, 0.6) is 0 Å². The Hall–Kier alpha value is -2.80. The van der Waals surface area contributed by atoms with Crippen molar-refractivity contribution in [2.24, 2.45) is 0 Å². The molecule has 0 radical (unpaired) electrons. The molecule has 0 aliphatic carbocycles. The first-order chi connectivity index (χ1) is 13.9. The first-order valence-corrected chi connectivity index (χ1v) is 10.4. The zero-order valence-corrected chi connectivity index (χ0v) is 18.0. The third-order valence-corrected chi connectivity index (χ3v) is 5.70. The van der Waals surface area contributed by atoms with E-state index >= 15 is 0 Å². The number of hydrogen-bond acceptors (Lipinski definition) is 5. The molecule has 0 aliphatic rings. The molecule has 29 heavy (non-hydrogen) atoms. The summed E-state index contributed by atoms with van der Waals surface area (Å²) in [4.78, 5) is 12.8. The number of aryl methyl sites for hydroxylation is 1. The molecule has 1 aromatic carbocycles. The van der Waals surface area contributed by atoms with Gasteiger partial charge in [-0.1, -0.05) is 49.9 Å². The Bertz CT molecular complexity index is 1010. The van der Waals surface area contributed by atoms with Gasteiger partial charge in [-0.3, -0.25) is 9.36 Å². The molecule has 152 valence electrons. The summed E-state index contributed by atoms with van der Waals surface area (Å²) in [6.07, 6.45) is 3.42. The summed E-state index contributed by atoms with van der Waals surface area (Å²) in [5.41, 5.74) is 2.85. The highest BCUT2D eigenvalue weighted by Crippen LogP contribution is 2.30. The molecule has 0 saturated carbocycles. The van der Waals surface area contributed by atoms with E-state index in [0.29, 0.717) is 23.4 Å². The van der Waals surface area contributed by atoms with E-state index in [0.717, 1.165) is 22.6 Å². The number of anilines is 1. The number of benzene rings is 1. The van der Waals surface area contributed by atoms with Gasteiger partial charge in [0.15, 0.2) is 11.0 Å². The van der Waals surface area contributed by atoms with Crippen molar-refractivity contribution >= 4 is 23.4 Å². The highest BCUT2D eigenvalue weighted by molar-refractivity contribution is 8.00. The molecule has 2 aromatic heterocycles. The first-order valence-electron chi connectivity index (χ1n) is 9.57. The predicted molar refractivity (Wildman–Crippen MR) is 117 cm³/mol. The molecule has 1 atom stereocenters. The van der Waals surface area contributed by atoms with Gasteiger partial charge in [-0.25, -0.2) is 0 Å². The Labute approximate surface area is 175 Å². The van der Waals surface area contributed by atoms with Crippen molar-refractivity contribution in [3.8, 4) is 11.4 Å². The summed E-state index contributed by atoms with van der Waals surface area (Å²) in [5, 5.41) is 12.0. The normalized spacial score (nSPS) is 12.2. The Morgan fingerprint density at radius 1 is 1.28 bits per heavy atom. The molecular formula is C22H26N4O2S. The highest BCUT2D eigenvalue weighted by Gasteiger charge is 2.22. The summed E-state index contributed by atoms with van der Waals surface area (Å²) >= 11 is 1.37. The molecule has 0 spiro atoms. The minimum atomic E-state index is -0.346. The number of nitrogens with zero attached hydrogens (tertiary/aromatic N) is 3. The SMILES string of the molecule is C=CCn1c(SC(C)C(=O)Nc2ccccc2C(C)C)nnc1-c1ccoc1C. The predicted octanol–water partition coefficient (Wildman–Crippen LogP) is 5.28. The van der Waals surface area contributed by atoms with E-state index in [1.54, 1.807) is 12.3 Å². The van der Waals surface area contributed by atoms with Crippen molar-refractivity contribution in [3.05, 3.63) is 60.6 Å². The number of aromatic nitrogens is 3. The minimum Gasteiger partial charge on any atom is -0.469 e. The van der Waals surface area contributed by atoms with Gasteiger partial charge in [0, 0.05) is 12.2 Å². The van der Waals surface area contributed by atoms with Crippen molar-refractivity contribution in [2.75, 3.05) is 5.32 Å². The molecule has 7 heteroatoms. The lowest BCUT2D eigenvalue weighted by Gasteiger charge is -2.16. The van der Waals surface area contributed by atoms with Crippen LogP contribution in [-0.4, -0.2) is 25.9 Å². The first kappa shape index (κ1) is 20.9. The van der Waals surface area contributed by atoms with E-state index in [1.165, 1.54) is 11.8 Å². The van der Waals surface area contributed by atoms with Crippen LogP contribution in [0.1, 0.15) is 38.0 Å². The molecule has 3 rings (SSSR count). The van der Waals surface area contributed by atoms with Gasteiger partial charge >= 0.3 is 0 Å². The number of hydrogen-bond donors (Lipinski definition) is 1. The number of thioether (sulfide) groups is 1. The van der Waals surface area contributed by atoms with Gasteiger partial charge in [-0.2, -0.15) is 0 Å². The average molecular weight is 411 g/mol. The quantitative estimate of drug-likeness (QED) is 0.404. The van der Waals surface area contributed by atoms with Crippen molar-refractivity contribution in [1.82, 2.24) is 14.8 Å². The number of carbonyl (C=O) groups excluding carboxylic acids is 1. The van der Waals surface area contributed by atoms with E-state index in [1.807, 2.05) is 48.7 Å². The lowest BCUT2D eigenvalue weighted by molar-refractivity contribution is -0.115. The number of furan rings is 1. The van der Waals surface area contributed by atoms with Crippen LogP contribution in [0.4, 0.5) is 5.69 Å². The largest absolute Gasteiger partial charge is 0.469 e. The van der Waals surface area contributed by atoms with Gasteiger partial charge in [-0.05, 0) is 37.5 Å². The molecular weight excluding hydrogens is 384 g/mol. The maximum absolute atomic E-state index is 12.8. The van der Waals surface area contributed by atoms with Crippen LogP contribution >= 0.6 is 11.8 Å². The topological polar surface area (TPSA) is 73.0 Å². The van der Waals surface area contributed by atoms with E-state index in [9.17, 15) is 4.79 Å². The van der Waals surface area contributed by atoms with Crippen molar-refractivity contribution in [1.29, 1.82) is 0 Å². The van der Waals surface area contributed by atoms with E-state index < -0.39 is 0 Å². The number of carbonyl (C=O) groups is 1. The summed E-state index contributed by atoms with van der Waals surface area (Å²) < 4.78 is 7.35. The van der Waals surface area contributed by atoms with E-state index in [4.69, 9.17) is 4.42 Å². The summed E-state index contributed by atoms with van der Waals surface area (Å²) in [5.74, 6) is 1.73. The fourth-order valence-corrected chi connectivity index (χ4v) is 3.90. The zero-order valence-electron chi connectivity index (χ0n) is 17.2. The van der Waals surface area contributed by atoms with Crippen LogP contribution < -0.4 is 5.32 Å². The molecule has 0 bridgehead atoms. The average Bonchev–Trinajstić information content (AvgIpc) is 3.28. The smallest absolute Gasteiger partial charge is 0.237 e. The second kappa shape index (κ2) is 9.13. The number of nitrogens with one attached hydrogen (secondary N) is 1. The second-order valence-corrected chi connectivity index (χ2v) is 8.40. The fourth-order valence-electron chi connectivity index (χ4n) is 3.05. The number of allylic oxidation sites excluding steroid dienone is 1. The minimum absolute atomic E-state index is 0.0719. The van der Waals surface area contributed by atoms with Crippen LogP contribution in [0.2, 0.25) is 0 Å². The van der Waals surface area contributed by atoms with Crippen LogP contribution in [-0.2, 0) is 11.3 Å². The van der Waals surface area contributed by atoms with Crippen molar-refractivity contribution in [2.45, 2.75) is 50.6 Å². The maximum Gasteiger partial charge on any atom is 0.237 e. The Morgan fingerprint density at radius 3 is 2.69 bits per heavy atom. The monoisotopic (exact) mass is 410 g/mol. The van der Waals surface area contributed by atoms with Gasteiger partial charge in [0.2, 0.25) is 5.91 Å². The molecule has 1 N–H and O–H groups in total. The summed E-state index contributed by atoms with van der Waals surface area (Å²) in [7, 11) is 0. The van der Waals surface area contributed by atoms with E-state index in [-0.39, 0.29) is 11.2 Å². The van der Waals surface area contributed by atoms with Gasteiger partial charge in [0.05, 0.1) is 17.1 Å². The van der Waals surface area contributed by atoms with Crippen LogP contribution in [0, 0.1) is 6.92 Å². The molecule has 2 heterocycles. The molecule has 0 fully saturated rings. The molecule has 0 aliphatic heterocycles. The standard InChI is InChI=1S/C22H26N4O2S/c1-6-12-26-20(18-11-13-28-15(18)4)24-25-22(26)29-16(5)21(27)23-19-10-8-7-9-17(19)14(2)3/h6-11,13-14,16H,1,12H2,2-5H3,(H,23,27). The third-order valence-electron chi connectivity index (χ3n) is 4.62. The van der Waals surface area contributed by atoms with Crippen LogP contribution in [0.15, 0.2) is 58.8 Å². The molecule has 3 aromatic rings. The van der Waals surface area contributed by atoms with Crippen LogP contribution in [0.3, 0.4) is 0 Å². The molecule has 1 amide bonds. The van der Waals surface area contributed by atoms with Crippen molar-refractivity contribution in [3.63, 3.8) is 0 Å². The molecule has 1 unspecified atom stereocenters. The van der Waals surface area contributed by atoms with Gasteiger partial charge in [-0.15, -0.1) is 16.8 Å². The summed E-state index contributed by atoms with van der Waals surface area (Å²) in [6, 6.07) is 9.76. The molecule has 6 nitrogen and oxygen atoms in total. The Kier molecular flexibility index (Phi) is 6.59. The lowest BCUT2D eigenvalue weighted by atomic mass is 10.0. The summed E-state index contributed by atoms with van der Waals surface area (Å²) in [6.45, 7) is 12.3. The Balaban J connectivity index is 1.79. The van der Waals surface area contributed by atoms with Gasteiger partial charge in [0.25, 0.3) is 0 Å². The fraction of sp³-hybridized carbons (Fsp3) is 0.318. The molecule has 0 saturated heterocycles.